The molecule has 1 aromatic carbocycles. The number of carbonyl (C=O) groups excluding carboxylic acids is 2. The molecular formula is C13H12F3NO3S. The standard InChI is InChI=1S/C13H12F3NO3S/c1-8(18)21-11-6-12(19)17(7-11)9-2-4-10(5-3-9)20-13(14,15)16/h2-5,11H,6-7H2,1H3. The van der Waals surface area contributed by atoms with Crippen LogP contribution in [0, 0.1) is 0 Å². The van der Waals surface area contributed by atoms with Gasteiger partial charge in [-0.05, 0) is 24.3 Å². The van der Waals surface area contributed by atoms with Crippen molar-refractivity contribution in [2.45, 2.75) is 25.0 Å². The molecule has 0 spiro atoms. The van der Waals surface area contributed by atoms with Crippen molar-refractivity contribution in [1.29, 1.82) is 0 Å². The van der Waals surface area contributed by atoms with Gasteiger partial charge in [-0.3, -0.25) is 9.59 Å². The van der Waals surface area contributed by atoms with Crippen LogP contribution in [-0.4, -0.2) is 29.2 Å². The van der Waals surface area contributed by atoms with E-state index in [1.165, 1.54) is 24.0 Å². The van der Waals surface area contributed by atoms with Gasteiger partial charge in [0.15, 0.2) is 5.12 Å². The van der Waals surface area contributed by atoms with E-state index in [4.69, 9.17) is 0 Å². The normalized spacial score (nSPS) is 19.0. The lowest BCUT2D eigenvalue weighted by atomic mass is 10.3. The Labute approximate surface area is 123 Å². The fourth-order valence-corrected chi connectivity index (χ4v) is 2.98. The van der Waals surface area contributed by atoms with Crippen LogP contribution in [0.5, 0.6) is 5.75 Å². The molecule has 1 heterocycles. The first-order valence-corrected chi connectivity index (χ1v) is 6.96. The first-order chi connectivity index (χ1) is 9.74. The highest BCUT2D eigenvalue weighted by Gasteiger charge is 2.33. The van der Waals surface area contributed by atoms with Gasteiger partial charge in [0.2, 0.25) is 5.91 Å². The van der Waals surface area contributed by atoms with Crippen LogP contribution in [0.4, 0.5) is 18.9 Å². The summed E-state index contributed by atoms with van der Waals surface area (Å²) in [6, 6.07) is 5.09. The minimum atomic E-state index is -4.74. The summed E-state index contributed by atoms with van der Waals surface area (Å²) in [5.41, 5.74) is 0.487. The largest absolute Gasteiger partial charge is 0.573 e. The SMILES string of the molecule is CC(=O)SC1CC(=O)N(c2ccc(OC(F)(F)F)cc2)C1. The van der Waals surface area contributed by atoms with E-state index in [2.05, 4.69) is 4.74 Å². The number of halogens is 3. The molecule has 0 N–H and O–H groups in total. The third-order valence-corrected chi connectivity index (χ3v) is 3.79. The average Bonchev–Trinajstić information content (AvgIpc) is 2.68. The average molecular weight is 319 g/mol. The number of nitrogens with zero attached hydrogens (tertiary/aromatic N) is 1. The number of thioether (sulfide) groups is 1. The fraction of sp³-hybridized carbons (Fsp3) is 0.385. The summed E-state index contributed by atoms with van der Waals surface area (Å²) in [6.45, 7) is 1.80. The van der Waals surface area contributed by atoms with Gasteiger partial charge >= 0.3 is 6.36 Å². The van der Waals surface area contributed by atoms with Crippen molar-refractivity contribution >= 4 is 28.5 Å². The van der Waals surface area contributed by atoms with Gasteiger partial charge in [-0.25, -0.2) is 0 Å². The molecule has 1 fully saturated rings. The molecule has 1 amide bonds. The highest BCUT2D eigenvalue weighted by Crippen LogP contribution is 2.30. The predicted octanol–water partition coefficient (Wildman–Crippen LogP) is 2.97. The van der Waals surface area contributed by atoms with Gasteiger partial charge in [-0.15, -0.1) is 13.2 Å². The first kappa shape index (κ1) is 15.7. The Kier molecular flexibility index (Phi) is 4.46. The summed E-state index contributed by atoms with van der Waals surface area (Å²) in [7, 11) is 0. The molecule has 0 aromatic heterocycles. The van der Waals surface area contributed by atoms with Gasteiger partial charge in [0, 0.05) is 30.8 Å². The molecule has 1 aromatic rings. The van der Waals surface area contributed by atoms with Crippen LogP contribution < -0.4 is 9.64 Å². The van der Waals surface area contributed by atoms with E-state index >= 15 is 0 Å². The highest BCUT2D eigenvalue weighted by atomic mass is 32.2. The van der Waals surface area contributed by atoms with E-state index in [0.29, 0.717) is 12.2 Å². The molecule has 0 aliphatic carbocycles. The van der Waals surface area contributed by atoms with Crippen molar-refractivity contribution < 1.29 is 27.5 Å². The molecule has 1 aliphatic rings. The van der Waals surface area contributed by atoms with Crippen molar-refractivity contribution in [3.05, 3.63) is 24.3 Å². The Morgan fingerprint density at radius 2 is 1.95 bits per heavy atom. The Balaban J connectivity index is 2.05. The molecule has 2 rings (SSSR count). The second-order valence-corrected chi connectivity index (χ2v) is 5.96. The second kappa shape index (κ2) is 5.97. The van der Waals surface area contributed by atoms with Crippen molar-refractivity contribution in [1.82, 2.24) is 0 Å². The summed E-state index contributed by atoms with van der Waals surface area (Å²) < 4.78 is 39.9. The number of hydrogen-bond acceptors (Lipinski definition) is 4. The van der Waals surface area contributed by atoms with Gasteiger partial charge in [0.05, 0.1) is 0 Å². The lowest BCUT2D eigenvalue weighted by Crippen LogP contribution is -2.25. The number of ether oxygens (including phenoxy) is 1. The Bertz CT molecular complexity index is 545. The van der Waals surface area contributed by atoms with E-state index in [0.717, 1.165) is 23.9 Å². The van der Waals surface area contributed by atoms with Gasteiger partial charge < -0.3 is 9.64 Å². The molecular weight excluding hydrogens is 307 g/mol. The third kappa shape index (κ3) is 4.38. The van der Waals surface area contributed by atoms with Gasteiger partial charge in [0.1, 0.15) is 5.75 Å². The van der Waals surface area contributed by atoms with Crippen LogP contribution in [0.1, 0.15) is 13.3 Å². The van der Waals surface area contributed by atoms with E-state index < -0.39 is 6.36 Å². The molecule has 21 heavy (non-hydrogen) atoms. The van der Waals surface area contributed by atoms with E-state index in [1.807, 2.05) is 0 Å². The molecule has 0 radical (unpaired) electrons. The highest BCUT2D eigenvalue weighted by molar-refractivity contribution is 8.14. The van der Waals surface area contributed by atoms with Crippen LogP contribution in [0.3, 0.4) is 0 Å². The minimum Gasteiger partial charge on any atom is -0.406 e. The van der Waals surface area contributed by atoms with E-state index in [1.54, 1.807) is 0 Å². The minimum absolute atomic E-state index is 0.0661. The first-order valence-electron chi connectivity index (χ1n) is 6.08. The zero-order valence-corrected chi connectivity index (χ0v) is 11.8. The predicted molar refractivity (Wildman–Crippen MR) is 72.2 cm³/mol. The molecule has 0 bridgehead atoms. The number of hydrogen-bond donors (Lipinski definition) is 0. The summed E-state index contributed by atoms with van der Waals surface area (Å²) >= 11 is 1.10. The van der Waals surface area contributed by atoms with Crippen molar-refractivity contribution in [3.63, 3.8) is 0 Å². The van der Waals surface area contributed by atoms with Crippen LogP contribution in [0.15, 0.2) is 24.3 Å². The van der Waals surface area contributed by atoms with E-state index in [-0.39, 0.29) is 28.4 Å². The molecule has 8 heteroatoms. The number of benzene rings is 1. The van der Waals surface area contributed by atoms with Crippen LogP contribution in [-0.2, 0) is 9.59 Å². The summed E-state index contributed by atoms with van der Waals surface area (Å²) in [5, 5.41) is -0.190. The Morgan fingerprint density at radius 3 is 2.48 bits per heavy atom. The topological polar surface area (TPSA) is 46.6 Å². The number of alkyl halides is 3. The number of anilines is 1. The lowest BCUT2D eigenvalue weighted by molar-refractivity contribution is -0.274. The van der Waals surface area contributed by atoms with Crippen molar-refractivity contribution in [2.75, 3.05) is 11.4 Å². The summed E-state index contributed by atoms with van der Waals surface area (Å²) in [6.07, 6.45) is -4.50. The van der Waals surface area contributed by atoms with Crippen LogP contribution >= 0.6 is 11.8 Å². The summed E-state index contributed by atoms with van der Waals surface area (Å²) in [5.74, 6) is -0.495. The lowest BCUT2D eigenvalue weighted by Gasteiger charge is -2.17. The second-order valence-electron chi connectivity index (χ2n) is 4.48. The maximum absolute atomic E-state index is 12.1. The number of rotatable bonds is 3. The maximum atomic E-state index is 12.1. The molecule has 4 nitrogen and oxygen atoms in total. The Hall–Kier alpha value is -1.70. The van der Waals surface area contributed by atoms with Crippen LogP contribution in [0.25, 0.3) is 0 Å². The van der Waals surface area contributed by atoms with Gasteiger partial charge in [0.25, 0.3) is 0 Å². The van der Waals surface area contributed by atoms with Crippen LogP contribution in [0.2, 0.25) is 0 Å². The van der Waals surface area contributed by atoms with E-state index in [9.17, 15) is 22.8 Å². The zero-order chi connectivity index (χ0) is 15.6. The molecule has 114 valence electrons. The van der Waals surface area contributed by atoms with Gasteiger partial charge in [-0.2, -0.15) is 0 Å². The molecule has 1 unspecified atom stereocenters. The molecule has 0 saturated carbocycles. The van der Waals surface area contributed by atoms with Crippen molar-refractivity contribution in [3.8, 4) is 5.75 Å². The number of carbonyl (C=O) groups is 2. The smallest absolute Gasteiger partial charge is 0.406 e. The monoisotopic (exact) mass is 319 g/mol. The van der Waals surface area contributed by atoms with Crippen molar-refractivity contribution in [2.24, 2.45) is 0 Å². The third-order valence-electron chi connectivity index (χ3n) is 2.80. The quantitative estimate of drug-likeness (QED) is 0.859. The summed E-state index contributed by atoms with van der Waals surface area (Å²) in [4.78, 5) is 24.4. The maximum Gasteiger partial charge on any atom is 0.573 e. The molecule has 1 saturated heterocycles. The molecule has 1 aliphatic heterocycles. The molecule has 1 atom stereocenters. The number of amides is 1. The zero-order valence-electron chi connectivity index (χ0n) is 11.0. The Morgan fingerprint density at radius 1 is 1.33 bits per heavy atom. The fourth-order valence-electron chi connectivity index (χ4n) is 2.07. The van der Waals surface area contributed by atoms with Gasteiger partial charge in [-0.1, -0.05) is 11.8 Å².